The van der Waals surface area contributed by atoms with E-state index in [9.17, 15) is 13.9 Å². The number of carbonyl (C=O) groups is 1. The van der Waals surface area contributed by atoms with E-state index in [4.69, 9.17) is 9.47 Å². The van der Waals surface area contributed by atoms with E-state index in [1.54, 1.807) is 22.5 Å². The van der Waals surface area contributed by atoms with Crippen molar-refractivity contribution >= 4 is 16.7 Å². The van der Waals surface area contributed by atoms with E-state index in [1.165, 1.54) is 11.1 Å². The molecule has 1 aliphatic rings. The van der Waals surface area contributed by atoms with Crippen LogP contribution in [0.5, 0.6) is 5.75 Å². The van der Waals surface area contributed by atoms with Crippen molar-refractivity contribution in [2.45, 2.75) is 70.4 Å². The Kier molecular flexibility index (Phi) is 9.15. The number of hydrogen-bond acceptors (Lipinski definition) is 6. The van der Waals surface area contributed by atoms with E-state index < -0.39 is 10.8 Å². The SMILES string of the molecule is CCOC(=O)CC(CCc1ccc(C)cc1)c1ccc(C)c(CN2C[C@@H](C)Oc3ccccc3S2(O)O)c1. The molecule has 3 aromatic carbocycles. The van der Waals surface area contributed by atoms with Crippen LogP contribution in [0.15, 0.2) is 71.6 Å². The quantitative estimate of drug-likeness (QED) is 0.279. The van der Waals surface area contributed by atoms with Gasteiger partial charge in [-0.1, -0.05) is 60.2 Å². The zero-order valence-corrected chi connectivity index (χ0v) is 23.5. The molecule has 0 saturated carbocycles. The number of benzene rings is 3. The summed E-state index contributed by atoms with van der Waals surface area (Å²) in [5.74, 6) is 0.300. The van der Waals surface area contributed by atoms with Gasteiger partial charge in [-0.15, -0.1) is 10.8 Å². The number of rotatable bonds is 9. The van der Waals surface area contributed by atoms with Crippen molar-refractivity contribution in [2.24, 2.45) is 0 Å². The number of carbonyl (C=O) groups excluding carboxylic acids is 1. The number of aryl methyl sites for hydroxylation is 3. The van der Waals surface area contributed by atoms with Gasteiger partial charge in [0.1, 0.15) is 16.7 Å². The Labute approximate surface area is 228 Å². The van der Waals surface area contributed by atoms with E-state index >= 15 is 0 Å². The van der Waals surface area contributed by atoms with Gasteiger partial charge < -0.3 is 9.47 Å². The van der Waals surface area contributed by atoms with Gasteiger partial charge in [0.05, 0.1) is 19.6 Å². The van der Waals surface area contributed by atoms with Crippen molar-refractivity contribution in [3.8, 4) is 5.75 Å². The lowest BCUT2D eigenvalue weighted by molar-refractivity contribution is -0.143. The van der Waals surface area contributed by atoms with E-state index in [0.29, 0.717) is 36.8 Å². The molecule has 204 valence electrons. The van der Waals surface area contributed by atoms with E-state index in [-0.39, 0.29) is 18.0 Å². The highest BCUT2D eigenvalue weighted by molar-refractivity contribution is 8.22. The molecule has 0 aliphatic carbocycles. The maximum absolute atomic E-state index is 12.5. The van der Waals surface area contributed by atoms with Crippen molar-refractivity contribution in [3.05, 3.63) is 94.5 Å². The Hall–Kier alpha value is -2.84. The molecule has 0 spiro atoms. The smallest absolute Gasteiger partial charge is 0.306 e. The largest absolute Gasteiger partial charge is 0.487 e. The zero-order valence-electron chi connectivity index (χ0n) is 22.7. The Balaban J connectivity index is 1.60. The Morgan fingerprint density at radius 3 is 2.58 bits per heavy atom. The molecule has 38 heavy (non-hydrogen) atoms. The fraction of sp³-hybridized carbons (Fsp3) is 0.387. The molecule has 1 unspecified atom stereocenters. The second kappa shape index (κ2) is 12.3. The highest BCUT2D eigenvalue weighted by Crippen LogP contribution is 2.57. The monoisotopic (exact) mass is 537 g/mol. The van der Waals surface area contributed by atoms with Crippen LogP contribution >= 0.6 is 10.8 Å². The summed E-state index contributed by atoms with van der Waals surface area (Å²) in [7, 11) is -3.24. The first-order valence-electron chi connectivity index (χ1n) is 13.3. The molecule has 0 aromatic heterocycles. The molecule has 0 amide bonds. The lowest BCUT2D eigenvalue weighted by Crippen LogP contribution is -2.33. The fourth-order valence-electron chi connectivity index (χ4n) is 4.92. The van der Waals surface area contributed by atoms with Gasteiger partial charge in [0.15, 0.2) is 0 Å². The normalized spacial score (nSPS) is 18.5. The highest BCUT2D eigenvalue weighted by Gasteiger charge is 2.34. The molecule has 0 saturated heterocycles. The molecule has 3 aromatic rings. The van der Waals surface area contributed by atoms with Crippen LogP contribution in [0.25, 0.3) is 0 Å². The minimum atomic E-state index is -3.24. The number of hydrogen-bond donors (Lipinski definition) is 2. The maximum atomic E-state index is 12.5. The van der Waals surface area contributed by atoms with Gasteiger partial charge in [0.2, 0.25) is 0 Å². The standard InChI is InChI=1S/C31H39NO5S/c1-5-36-31(33)19-27(17-15-25-13-10-22(2)11-14-25)26-16-12-23(3)28(18-26)21-32-20-24(4)37-29-8-6-7-9-30(29)38(32,34)35/h6-14,16,18,24,27,34-35H,5,15,17,19-21H2,1-4H3/t24-,27?/m1/s1. The van der Waals surface area contributed by atoms with Gasteiger partial charge >= 0.3 is 5.97 Å². The third kappa shape index (κ3) is 6.77. The molecule has 4 rings (SSSR count). The van der Waals surface area contributed by atoms with Crippen LogP contribution in [0.4, 0.5) is 0 Å². The number of ether oxygens (including phenoxy) is 2. The van der Waals surface area contributed by atoms with Gasteiger partial charge in [-0.3, -0.25) is 13.9 Å². The highest BCUT2D eigenvalue weighted by atomic mass is 32.3. The average molecular weight is 538 g/mol. The van der Waals surface area contributed by atoms with Crippen LogP contribution in [0, 0.1) is 13.8 Å². The number of para-hydroxylation sites is 1. The topological polar surface area (TPSA) is 79.2 Å². The summed E-state index contributed by atoms with van der Waals surface area (Å²) in [6.45, 7) is 8.96. The third-order valence-electron chi connectivity index (χ3n) is 7.10. The van der Waals surface area contributed by atoms with Crippen LogP contribution in [0.3, 0.4) is 0 Å². The number of fused-ring (bicyclic) bond motifs is 1. The van der Waals surface area contributed by atoms with Crippen molar-refractivity contribution in [3.63, 3.8) is 0 Å². The van der Waals surface area contributed by atoms with Gasteiger partial charge in [-0.25, -0.2) is 0 Å². The lowest BCUT2D eigenvalue weighted by atomic mass is 9.87. The summed E-state index contributed by atoms with van der Waals surface area (Å²) < 4.78 is 35.7. The predicted molar refractivity (Wildman–Crippen MR) is 153 cm³/mol. The molecule has 2 atom stereocenters. The first-order chi connectivity index (χ1) is 18.2. The molecule has 0 fully saturated rings. The van der Waals surface area contributed by atoms with Gasteiger partial charge in [0, 0.05) is 6.54 Å². The van der Waals surface area contributed by atoms with Crippen LogP contribution in [0.2, 0.25) is 0 Å². The first-order valence-corrected chi connectivity index (χ1v) is 14.8. The van der Waals surface area contributed by atoms with Crippen LogP contribution in [0.1, 0.15) is 60.4 Å². The summed E-state index contributed by atoms with van der Waals surface area (Å²) in [4.78, 5) is 12.9. The molecular formula is C31H39NO5S. The molecule has 6 nitrogen and oxygen atoms in total. The third-order valence-corrected chi connectivity index (χ3v) is 9.03. The van der Waals surface area contributed by atoms with Gasteiger partial charge in [-0.2, -0.15) is 4.31 Å². The Bertz CT molecular complexity index is 1240. The van der Waals surface area contributed by atoms with Crippen molar-refractivity contribution in [1.29, 1.82) is 0 Å². The minimum Gasteiger partial charge on any atom is -0.487 e. The molecule has 1 heterocycles. The average Bonchev–Trinajstić information content (AvgIpc) is 2.97. The molecule has 0 radical (unpaired) electrons. The van der Waals surface area contributed by atoms with Crippen molar-refractivity contribution < 1.29 is 23.4 Å². The lowest BCUT2D eigenvalue weighted by Gasteiger charge is -2.42. The zero-order chi connectivity index (χ0) is 27.3. The number of nitrogens with zero attached hydrogens (tertiary/aromatic N) is 1. The Morgan fingerprint density at radius 1 is 1.11 bits per heavy atom. The summed E-state index contributed by atoms with van der Waals surface area (Å²) in [5, 5.41) is 0. The van der Waals surface area contributed by atoms with Crippen molar-refractivity contribution in [1.82, 2.24) is 4.31 Å². The van der Waals surface area contributed by atoms with Gasteiger partial charge in [0.25, 0.3) is 0 Å². The van der Waals surface area contributed by atoms with Crippen molar-refractivity contribution in [2.75, 3.05) is 13.2 Å². The second-order valence-corrected chi connectivity index (χ2v) is 12.1. The van der Waals surface area contributed by atoms with E-state index in [0.717, 1.165) is 29.5 Å². The van der Waals surface area contributed by atoms with Gasteiger partial charge in [-0.05, 0) is 80.8 Å². The van der Waals surface area contributed by atoms with Crippen LogP contribution in [-0.4, -0.2) is 38.6 Å². The summed E-state index contributed by atoms with van der Waals surface area (Å²) >= 11 is 0. The Morgan fingerprint density at radius 2 is 1.84 bits per heavy atom. The molecule has 7 heteroatoms. The maximum Gasteiger partial charge on any atom is 0.306 e. The second-order valence-electron chi connectivity index (χ2n) is 10.1. The molecule has 2 N–H and O–H groups in total. The van der Waals surface area contributed by atoms with E-state index in [2.05, 4.69) is 49.4 Å². The molecular weight excluding hydrogens is 498 g/mol. The first kappa shape index (κ1) is 28.2. The number of esters is 1. The molecule has 1 aliphatic heterocycles. The minimum absolute atomic E-state index is 0.0119. The molecule has 0 bridgehead atoms. The predicted octanol–water partition coefficient (Wildman–Crippen LogP) is 7.28. The summed E-state index contributed by atoms with van der Waals surface area (Å²) in [5.41, 5.74) is 5.58. The van der Waals surface area contributed by atoms with E-state index in [1.807, 2.05) is 26.8 Å². The summed E-state index contributed by atoms with van der Waals surface area (Å²) in [6, 6.07) is 21.9. The fourth-order valence-corrected chi connectivity index (χ4v) is 6.58. The van der Waals surface area contributed by atoms with Crippen LogP contribution < -0.4 is 4.74 Å². The van der Waals surface area contributed by atoms with Crippen LogP contribution in [-0.2, 0) is 22.5 Å². The summed E-state index contributed by atoms with van der Waals surface area (Å²) in [6.07, 6.45) is 1.76.